The van der Waals surface area contributed by atoms with E-state index in [9.17, 15) is 9.59 Å². The van der Waals surface area contributed by atoms with Crippen molar-refractivity contribution in [3.05, 3.63) is 28.2 Å². The van der Waals surface area contributed by atoms with Crippen molar-refractivity contribution in [3.8, 4) is 5.75 Å². The van der Waals surface area contributed by atoms with E-state index in [2.05, 4.69) is 10.2 Å². The number of amides is 2. The summed E-state index contributed by atoms with van der Waals surface area (Å²) < 4.78 is 9.70. The Kier molecular flexibility index (Phi) is 6.24. The van der Waals surface area contributed by atoms with E-state index in [0.717, 1.165) is 0 Å². The lowest BCUT2D eigenvalue weighted by Crippen LogP contribution is -2.44. The normalized spacial score (nSPS) is 9.63. The van der Waals surface area contributed by atoms with Crippen molar-refractivity contribution in [1.29, 1.82) is 0 Å². The smallest absolute Gasteiger partial charge is 0.426 e. The van der Waals surface area contributed by atoms with E-state index in [4.69, 9.17) is 27.9 Å². The van der Waals surface area contributed by atoms with Crippen molar-refractivity contribution in [2.75, 3.05) is 13.2 Å². The SMILES string of the molecule is CCOC(=O)NNC(=O)COc1ccc(Cl)cc1Cl. The molecule has 0 fully saturated rings. The van der Waals surface area contributed by atoms with Crippen molar-refractivity contribution >= 4 is 35.2 Å². The van der Waals surface area contributed by atoms with Crippen molar-refractivity contribution in [2.24, 2.45) is 0 Å². The van der Waals surface area contributed by atoms with Crippen LogP contribution in [0.2, 0.25) is 10.0 Å². The summed E-state index contributed by atoms with van der Waals surface area (Å²) in [4.78, 5) is 22.2. The van der Waals surface area contributed by atoms with Crippen molar-refractivity contribution in [3.63, 3.8) is 0 Å². The molecule has 0 unspecified atom stereocenters. The van der Waals surface area contributed by atoms with Crippen LogP contribution in [0.4, 0.5) is 4.79 Å². The van der Waals surface area contributed by atoms with Crippen molar-refractivity contribution in [2.45, 2.75) is 6.92 Å². The Bertz CT molecular complexity index is 468. The maximum atomic E-state index is 11.3. The quantitative estimate of drug-likeness (QED) is 0.836. The molecule has 0 aromatic heterocycles. The molecule has 1 rings (SSSR count). The Morgan fingerprint density at radius 3 is 2.63 bits per heavy atom. The molecular formula is C11H12Cl2N2O4. The molecule has 0 spiro atoms. The number of hydrogen-bond acceptors (Lipinski definition) is 4. The minimum atomic E-state index is -0.750. The van der Waals surface area contributed by atoms with Gasteiger partial charge in [-0.05, 0) is 25.1 Å². The molecular weight excluding hydrogens is 295 g/mol. The number of benzene rings is 1. The largest absolute Gasteiger partial charge is 0.482 e. The van der Waals surface area contributed by atoms with Gasteiger partial charge < -0.3 is 9.47 Å². The molecule has 6 nitrogen and oxygen atoms in total. The van der Waals surface area contributed by atoms with Crippen LogP contribution in [-0.2, 0) is 9.53 Å². The van der Waals surface area contributed by atoms with Crippen LogP contribution in [0.1, 0.15) is 6.92 Å². The van der Waals surface area contributed by atoms with Crippen LogP contribution in [-0.4, -0.2) is 25.2 Å². The number of carbonyl (C=O) groups is 2. The van der Waals surface area contributed by atoms with E-state index in [1.807, 2.05) is 5.43 Å². The molecule has 1 aromatic carbocycles. The van der Waals surface area contributed by atoms with E-state index >= 15 is 0 Å². The number of hydrogen-bond donors (Lipinski definition) is 2. The number of rotatable bonds is 4. The lowest BCUT2D eigenvalue weighted by atomic mass is 10.3. The van der Waals surface area contributed by atoms with Crippen LogP contribution in [0.15, 0.2) is 18.2 Å². The summed E-state index contributed by atoms with van der Waals surface area (Å²) in [7, 11) is 0. The highest BCUT2D eigenvalue weighted by Gasteiger charge is 2.07. The van der Waals surface area contributed by atoms with Gasteiger partial charge in [-0.1, -0.05) is 23.2 Å². The third-order valence-electron chi connectivity index (χ3n) is 1.83. The molecule has 2 amide bonds. The molecule has 2 N–H and O–H groups in total. The highest BCUT2D eigenvalue weighted by molar-refractivity contribution is 6.35. The van der Waals surface area contributed by atoms with Crippen LogP contribution < -0.4 is 15.6 Å². The Balaban J connectivity index is 2.36. The molecule has 19 heavy (non-hydrogen) atoms. The zero-order valence-electron chi connectivity index (χ0n) is 10.0. The van der Waals surface area contributed by atoms with Gasteiger partial charge in [-0.2, -0.15) is 0 Å². The minimum Gasteiger partial charge on any atom is -0.482 e. The van der Waals surface area contributed by atoms with Gasteiger partial charge in [-0.3, -0.25) is 10.2 Å². The van der Waals surface area contributed by atoms with Crippen LogP contribution in [0.25, 0.3) is 0 Å². The summed E-state index contributed by atoms with van der Waals surface area (Å²) in [5, 5.41) is 0.754. The maximum absolute atomic E-state index is 11.3. The number of carbonyl (C=O) groups excluding carboxylic acids is 2. The first kappa shape index (κ1) is 15.4. The molecule has 104 valence electrons. The number of hydrazine groups is 1. The van der Waals surface area contributed by atoms with Crippen LogP contribution >= 0.6 is 23.2 Å². The summed E-state index contributed by atoms with van der Waals surface area (Å²) in [6.45, 7) is 1.54. The molecule has 0 saturated heterocycles. The number of ether oxygens (including phenoxy) is 2. The Hall–Kier alpha value is -1.66. The first-order valence-electron chi connectivity index (χ1n) is 5.32. The van der Waals surface area contributed by atoms with Crippen LogP contribution in [0.3, 0.4) is 0 Å². The number of halogens is 2. The zero-order valence-corrected chi connectivity index (χ0v) is 11.5. The first-order chi connectivity index (χ1) is 9.02. The minimum absolute atomic E-state index is 0.207. The van der Waals surface area contributed by atoms with Crippen molar-refractivity contribution in [1.82, 2.24) is 10.9 Å². The average Bonchev–Trinajstić information content (AvgIpc) is 2.35. The summed E-state index contributed by atoms with van der Waals surface area (Å²) in [6, 6.07) is 4.61. The fourth-order valence-electron chi connectivity index (χ4n) is 1.06. The van der Waals surface area contributed by atoms with E-state index < -0.39 is 12.0 Å². The van der Waals surface area contributed by atoms with Gasteiger partial charge in [-0.15, -0.1) is 0 Å². The summed E-state index contributed by atoms with van der Waals surface area (Å²) in [6.07, 6.45) is -0.750. The molecule has 8 heteroatoms. The monoisotopic (exact) mass is 306 g/mol. The summed E-state index contributed by atoms with van der Waals surface area (Å²) >= 11 is 11.6. The van der Waals surface area contributed by atoms with Gasteiger partial charge in [0, 0.05) is 5.02 Å². The first-order valence-corrected chi connectivity index (χ1v) is 6.08. The second-order valence-corrected chi connectivity index (χ2v) is 4.10. The maximum Gasteiger partial charge on any atom is 0.426 e. The third kappa shape index (κ3) is 5.67. The van der Waals surface area contributed by atoms with Gasteiger partial charge in [-0.25, -0.2) is 10.2 Å². The number of nitrogens with one attached hydrogen (secondary N) is 2. The van der Waals surface area contributed by atoms with E-state index in [1.165, 1.54) is 12.1 Å². The molecule has 0 atom stereocenters. The highest BCUT2D eigenvalue weighted by atomic mass is 35.5. The molecule has 0 saturated carbocycles. The van der Waals surface area contributed by atoms with Crippen molar-refractivity contribution < 1.29 is 19.1 Å². The Morgan fingerprint density at radius 2 is 2.00 bits per heavy atom. The fourth-order valence-corrected chi connectivity index (χ4v) is 1.52. The fraction of sp³-hybridized carbons (Fsp3) is 0.273. The second-order valence-electron chi connectivity index (χ2n) is 3.26. The summed E-state index contributed by atoms with van der Waals surface area (Å²) in [5.41, 5.74) is 4.16. The van der Waals surface area contributed by atoms with Gasteiger partial charge in [0.15, 0.2) is 6.61 Å². The molecule has 0 radical (unpaired) electrons. The lowest BCUT2D eigenvalue weighted by Gasteiger charge is -2.09. The lowest BCUT2D eigenvalue weighted by molar-refractivity contribution is -0.123. The second kappa shape index (κ2) is 7.70. The molecule has 1 aromatic rings. The Morgan fingerprint density at radius 1 is 1.26 bits per heavy atom. The summed E-state index contributed by atoms with van der Waals surface area (Å²) in [5.74, 6) is -0.239. The van der Waals surface area contributed by atoms with Gasteiger partial charge >= 0.3 is 6.09 Å². The van der Waals surface area contributed by atoms with Gasteiger partial charge in [0.25, 0.3) is 5.91 Å². The zero-order chi connectivity index (χ0) is 14.3. The standard InChI is InChI=1S/C11H12Cl2N2O4/c1-2-18-11(17)15-14-10(16)6-19-9-4-3-7(12)5-8(9)13/h3-5H,2,6H2,1H3,(H,14,16)(H,15,17). The highest BCUT2D eigenvalue weighted by Crippen LogP contribution is 2.27. The van der Waals surface area contributed by atoms with Gasteiger partial charge in [0.05, 0.1) is 11.6 Å². The van der Waals surface area contributed by atoms with E-state index in [0.29, 0.717) is 15.8 Å². The molecule has 0 aliphatic rings. The van der Waals surface area contributed by atoms with Crippen LogP contribution in [0.5, 0.6) is 5.75 Å². The molecule has 0 aliphatic carbocycles. The Labute approximate surface area is 119 Å². The van der Waals surface area contributed by atoms with E-state index in [-0.39, 0.29) is 13.2 Å². The molecule has 0 aliphatic heterocycles. The van der Waals surface area contributed by atoms with Crippen LogP contribution in [0, 0.1) is 0 Å². The average molecular weight is 307 g/mol. The topological polar surface area (TPSA) is 76.7 Å². The van der Waals surface area contributed by atoms with E-state index in [1.54, 1.807) is 13.0 Å². The molecule has 0 bridgehead atoms. The predicted molar refractivity (Wildman–Crippen MR) is 70.3 cm³/mol. The third-order valence-corrected chi connectivity index (χ3v) is 2.36. The molecule has 0 heterocycles. The predicted octanol–water partition coefficient (Wildman–Crippen LogP) is 2.15. The van der Waals surface area contributed by atoms with Gasteiger partial charge in [0.2, 0.25) is 0 Å². The van der Waals surface area contributed by atoms with Gasteiger partial charge in [0.1, 0.15) is 5.75 Å².